The zero-order chi connectivity index (χ0) is 14.0. The largest absolute Gasteiger partial charge is 0.389 e. The molecule has 3 nitrogen and oxygen atoms in total. The number of hydrogen-bond donors (Lipinski definition) is 1. The second-order valence-corrected chi connectivity index (χ2v) is 6.15. The lowest BCUT2D eigenvalue weighted by atomic mass is 9.75. The molecule has 1 fully saturated rings. The first-order valence-electron chi connectivity index (χ1n) is 6.74. The van der Waals surface area contributed by atoms with E-state index in [0.717, 1.165) is 17.8 Å². The highest BCUT2D eigenvalue weighted by atomic mass is 32.1. The Hall–Kier alpha value is -1.13. The van der Waals surface area contributed by atoms with Crippen LogP contribution >= 0.6 is 12.2 Å². The van der Waals surface area contributed by atoms with Crippen molar-refractivity contribution in [1.82, 2.24) is 4.90 Å². The molecule has 0 bridgehead atoms. The van der Waals surface area contributed by atoms with Gasteiger partial charge in [0, 0.05) is 30.4 Å². The third-order valence-electron chi connectivity index (χ3n) is 4.35. The molecule has 0 radical (unpaired) electrons. The molecule has 0 spiro atoms. The van der Waals surface area contributed by atoms with Crippen molar-refractivity contribution in [2.45, 2.75) is 24.8 Å². The maximum absolute atomic E-state index is 5.82. The molecule has 0 amide bonds. The molecule has 1 aliphatic rings. The summed E-state index contributed by atoms with van der Waals surface area (Å²) in [5.41, 5.74) is 8.21. The number of rotatable bonds is 5. The number of thiocarbonyl (C=S) groups is 1. The van der Waals surface area contributed by atoms with Gasteiger partial charge in [-0.1, -0.05) is 24.4 Å². The quantitative estimate of drug-likeness (QED) is 0.837. The van der Waals surface area contributed by atoms with Crippen molar-refractivity contribution in [1.29, 1.82) is 0 Å². The van der Waals surface area contributed by atoms with Crippen LogP contribution in [0.25, 0.3) is 0 Å². The number of benzene rings is 1. The lowest BCUT2D eigenvalue weighted by molar-refractivity contribution is 0.0683. The number of anilines is 1. The molecule has 19 heavy (non-hydrogen) atoms. The van der Waals surface area contributed by atoms with E-state index in [9.17, 15) is 0 Å². The van der Waals surface area contributed by atoms with Crippen molar-refractivity contribution in [3.63, 3.8) is 0 Å². The third-order valence-corrected chi connectivity index (χ3v) is 4.57. The van der Waals surface area contributed by atoms with E-state index in [0.29, 0.717) is 10.5 Å². The molecule has 0 atom stereocenters. The van der Waals surface area contributed by atoms with Gasteiger partial charge in [0.15, 0.2) is 0 Å². The molecule has 0 heterocycles. The molecular formula is C15H23N3S. The first kappa shape index (κ1) is 14.3. The average Bonchev–Trinajstić information content (AvgIpc) is 2.33. The molecule has 1 aliphatic carbocycles. The highest BCUT2D eigenvalue weighted by Gasteiger charge is 2.40. The van der Waals surface area contributed by atoms with E-state index < -0.39 is 0 Å². The molecule has 4 heteroatoms. The normalized spacial score (nSPS) is 17.1. The summed E-state index contributed by atoms with van der Waals surface area (Å²) < 4.78 is 0. The van der Waals surface area contributed by atoms with Crippen LogP contribution < -0.4 is 10.6 Å². The van der Waals surface area contributed by atoms with Gasteiger partial charge in [-0.3, -0.25) is 0 Å². The van der Waals surface area contributed by atoms with E-state index in [4.69, 9.17) is 18.0 Å². The van der Waals surface area contributed by atoms with Crippen molar-refractivity contribution in [3.8, 4) is 0 Å². The number of nitrogens with zero attached hydrogens (tertiary/aromatic N) is 2. The van der Waals surface area contributed by atoms with Gasteiger partial charge in [-0.2, -0.15) is 0 Å². The topological polar surface area (TPSA) is 32.5 Å². The molecular weight excluding hydrogens is 254 g/mol. The monoisotopic (exact) mass is 277 g/mol. The lowest BCUT2D eigenvalue weighted by Crippen LogP contribution is -2.56. The van der Waals surface area contributed by atoms with Gasteiger partial charge in [0.2, 0.25) is 0 Å². The van der Waals surface area contributed by atoms with Crippen LogP contribution in [-0.2, 0) is 0 Å². The molecule has 0 unspecified atom stereocenters. The molecule has 2 N–H and O–H groups in total. The van der Waals surface area contributed by atoms with Gasteiger partial charge < -0.3 is 15.5 Å². The molecule has 1 aromatic carbocycles. The fraction of sp³-hybridized carbons (Fsp3) is 0.533. The zero-order valence-electron chi connectivity index (χ0n) is 12.0. The molecule has 2 rings (SSSR count). The van der Waals surface area contributed by atoms with Gasteiger partial charge in [0.05, 0.1) is 0 Å². The second kappa shape index (κ2) is 5.47. The predicted molar refractivity (Wildman–Crippen MR) is 85.9 cm³/mol. The number of hydrogen-bond acceptors (Lipinski definition) is 3. The summed E-state index contributed by atoms with van der Waals surface area (Å²) in [6, 6.07) is 8.11. The summed E-state index contributed by atoms with van der Waals surface area (Å²) in [5, 5.41) is 0. The van der Waals surface area contributed by atoms with Crippen LogP contribution in [0.15, 0.2) is 24.3 Å². The van der Waals surface area contributed by atoms with Crippen molar-refractivity contribution >= 4 is 22.9 Å². The third kappa shape index (κ3) is 2.74. The van der Waals surface area contributed by atoms with Crippen LogP contribution in [0.3, 0.4) is 0 Å². The maximum atomic E-state index is 5.82. The number of para-hydroxylation sites is 1. The highest BCUT2D eigenvalue weighted by molar-refractivity contribution is 7.80. The Bertz CT molecular complexity index is 466. The summed E-state index contributed by atoms with van der Waals surface area (Å²) in [5.74, 6) is 0. The van der Waals surface area contributed by atoms with Crippen molar-refractivity contribution in [2.24, 2.45) is 5.73 Å². The van der Waals surface area contributed by atoms with Gasteiger partial charge in [-0.25, -0.2) is 0 Å². The summed E-state index contributed by atoms with van der Waals surface area (Å²) in [6.07, 6.45) is 3.85. The van der Waals surface area contributed by atoms with Gasteiger partial charge in [0.1, 0.15) is 4.99 Å². The van der Waals surface area contributed by atoms with Gasteiger partial charge in [0.25, 0.3) is 0 Å². The summed E-state index contributed by atoms with van der Waals surface area (Å²) in [7, 11) is 6.47. The zero-order valence-corrected chi connectivity index (χ0v) is 12.8. The molecule has 1 aromatic rings. The average molecular weight is 277 g/mol. The van der Waals surface area contributed by atoms with Crippen LogP contribution in [-0.4, -0.2) is 43.1 Å². The van der Waals surface area contributed by atoms with E-state index in [1.807, 2.05) is 18.2 Å². The molecule has 0 aliphatic heterocycles. The van der Waals surface area contributed by atoms with Crippen LogP contribution in [0.1, 0.15) is 24.8 Å². The van der Waals surface area contributed by atoms with Crippen molar-refractivity contribution in [2.75, 3.05) is 32.6 Å². The predicted octanol–water partition coefficient (Wildman–Crippen LogP) is 2.24. The fourth-order valence-electron chi connectivity index (χ4n) is 2.87. The van der Waals surface area contributed by atoms with E-state index in [-0.39, 0.29) is 0 Å². The number of likely N-dealkylation sites (N-methyl/N-ethyl adjacent to an activating group) is 2. The standard InChI is InChI=1S/C15H23N3S/c1-17(2)15(9-6-10-15)11-18(3)13-8-5-4-7-12(13)14(16)19/h4-5,7-8H,6,9-11H2,1-3H3,(H2,16,19). The minimum Gasteiger partial charge on any atom is -0.389 e. The first-order chi connectivity index (χ1) is 8.96. The van der Waals surface area contributed by atoms with E-state index in [1.165, 1.54) is 19.3 Å². The Morgan fingerprint density at radius 1 is 1.26 bits per heavy atom. The summed E-state index contributed by atoms with van der Waals surface area (Å²) in [4.78, 5) is 5.11. The maximum Gasteiger partial charge on any atom is 0.106 e. The Morgan fingerprint density at radius 2 is 1.89 bits per heavy atom. The lowest BCUT2D eigenvalue weighted by Gasteiger charge is -2.49. The first-order valence-corrected chi connectivity index (χ1v) is 7.14. The second-order valence-electron chi connectivity index (χ2n) is 5.71. The van der Waals surface area contributed by atoms with E-state index in [2.05, 4.69) is 37.0 Å². The van der Waals surface area contributed by atoms with Gasteiger partial charge in [-0.15, -0.1) is 0 Å². The van der Waals surface area contributed by atoms with Gasteiger partial charge in [-0.05, 0) is 45.5 Å². The SMILES string of the molecule is CN(CC1(N(C)C)CCC1)c1ccccc1C(N)=S. The van der Waals surface area contributed by atoms with Crippen LogP contribution in [0, 0.1) is 0 Å². The minimum atomic E-state index is 0.304. The summed E-state index contributed by atoms with van der Waals surface area (Å²) >= 11 is 5.14. The van der Waals surface area contributed by atoms with E-state index in [1.54, 1.807) is 0 Å². The highest BCUT2D eigenvalue weighted by Crippen LogP contribution is 2.37. The molecule has 0 saturated heterocycles. The van der Waals surface area contributed by atoms with Crippen molar-refractivity contribution < 1.29 is 0 Å². The van der Waals surface area contributed by atoms with Crippen LogP contribution in [0.2, 0.25) is 0 Å². The summed E-state index contributed by atoms with van der Waals surface area (Å²) in [6.45, 7) is 1.01. The smallest absolute Gasteiger partial charge is 0.106 e. The van der Waals surface area contributed by atoms with Crippen LogP contribution in [0.5, 0.6) is 0 Å². The minimum absolute atomic E-state index is 0.304. The van der Waals surface area contributed by atoms with Gasteiger partial charge >= 0.3 is 0 Å². The van der Waals surface area contributed by atoms with Crippen molar-refractivity contribution in [3.05, 3.63) is 29.8 Å². The Balaban J connectivity index is 2.20. The molecule has 1 saturated carbocycles. The number of nitrogens with two attached hydrogens (primary N) is 1. The fourth-order valence-corrected chi connectivity index (χ4v) is 3.05. The Morgan fingerprint density at radius 3 is 2.37 bits per heavy atom. The Kier molecular flexibility index (Phi) is 4.11. The van der Waals surface area contributed by atoms with E-state index >= 15 is 0 Å². The Labute approximate surface area is 121 Å². The molecule has 104 valence electrons. The molecule has 0 aromatic heterocycles. The van der Waals surface area contributed by atoms with Crippen LogP contribution in [0.4, 0.5) is 5.69 Å².